The monoisotopic (exact) mass is 286 g/mol. The van der Waals surface area contributed by atoms with Crippen LogP contribution in [0.4, 0.5) is 4.39 Å². The minimum atomic E-state index is -1.20. The van der Waals surface area contributed by atoms with Crippen LogP contribution in [0.2, 0.25) is 0 Å². The molecule has 0 bridgehead atoms. The molecule has 4 nitrogen and oxygen atoms in total. The average Bonchev–Trinajstić information content (AvgIpc) is 2.93. The van der Waals surface area contributed by atoms with E-state index in [-0.39, 0.29) is 17.9 Å². The first-order valence-electron chi connectivity index (χ1n) is 6.25. The van der Waals surface area contributed by atoms with E-state index in [2.05, 4.69) is 0 Å². The highest BCUT2D eigenvalue weighted by Crippen LogP contribution is 2.33. The lowest BCUT2D eigenvalue weighted by molar-refractivity contribution is -0.130. The third-order valence-electron chi connectivity index (χ3n) is 3.10. The van der Waals surface area contributed by atoms with Gasteiger partial charge in [-0.15, -0.1) is 0 Å². The normalized spacial score (nSPS) is 13.3. The molecule has 1 aliphatic heterocycles. The van der Waals surface area contributed by atoms with Crippen molar-refractivity contribution >= 4 is 17.6 Å². The average molecular weight is 286 g/mol. The summed E-state index contributed by atoms with van der Waals surface area (Å²) in [5.74, 6) is -0.624. The van der Waals surface area contributed by atoms with Crippen molar-refractivity contribution in [2.75, 3.05) is 6.79 Å². The molecule has 0 aliphatic carbocycles. The molecule has 0 radical (unpaired) electrons. The van der Waals surface area contributed by atoms with Crippen LogP contribution in [-0.2, 0) is 4.79 Å². The first-order chi connectivity index (χ1) is 10.1. The van der Waals surface area contributed by atoms with Crippen LogP contribution in [0.5, 0.6) is 11.5 Å². The van der Waals surface area contributed by atoms with Crippen molar-refractivity contribution in [1.29, 1.82) is 0 Å². The Morgan fingerprint density at radius 1 is 1.14 bits per heavy atom. The minimum absolute atomic E-state index is 0.0441. The van der Waals surface area contributed by atoms with E-state index in [0.29, 0.717) is 17.1 Å². The topological polar surface area (TPSA) is 55.8 Å². The van der Waals surface area contributed by atoms with Crippen LogP contribution in [0.3, 0.4) is 0 Å². The van der Waals surface area contributed by atoms with Crippen LogP contribution >= 0.6 is 0 Å². The van der Waals surface area contributed by atoms with Gasteiger partial charge in [0.2, 0.25) is 6.79 Å². The third-order valence-corrected chi connectivity index (χ3v) is 3.10. The Balaban J connectivity index is 2.05. The molecule has 0 aromatic heterocycles. The molecule has 106 valence electrons. The van der Waals surface area contributed by atoms with Gasteiger partial charge in [0.25, 0.3) is 0 Å². The van der Waals surface area contributed by atoms with E-state index in [1.165, 1.54) is 24.3 Å². The van der Waals surface area contributed by atoms with Crippen LogP contribution in [0.1, 0.15) is 11.1 Å². The van der Waals surface area contributed by atoms with E-state index in [1.807, 2.05) is 0 Å². The second kappa shape index (κ2) is 5.28. The van der Waals surface area contributed by atoms with Crippen LogP contribution in [-0.4, -0.2) is 17.9 Å². The first-order valence-corrected chi connectivity index (χ1v) is 6.25. The number of rotatable bonds is 3. The van der Waals surface area contributed by atoms with Gasteiger partial charge in [-0.25, -0.2) is 9.18 Å². The highest BCUT2D eigenvalue weighted by molar-refractivity contribution is 6.20. The van der Waals surface area contributed by atoms with Crippen molar-refractivity contribution in [3.05, 3.63) is 59.4 Å². The Hall–Kier alpha value is -2.82. The Bertz CT molecular complexity index is 737. The second-order valence-corrected chi connectivity index (χ2v) is 4.46. The molecular weight excluding hydrogens is 275 g/mol. The smallest absolute Gasteiger partial charge is 0.336 e. The fourth-order valence-corrected chi connectivity index (χ4v) is 2.10. The van der Waals surface area contributed by atoms with Gasteiger partial charge in [-0.05, 0) is 29.8 Å². The zero-order chi connectivity index (χ0) is 14.8. The zero-order valence-corrected chi connectivity index (χ0v) is 10.9. The molecule has 0 saturated heterocycles. The summed E-state index contributed by atoms with van der Waals surface area (Å²) in [6.45, 7) is 0.140. The summed E-state index contributed by atoms with van der Waals surface area (Å²) < 4.78 is 24.2. The van der Waals surface area contributed by atoms with Crippen molar-refractivity contribution in [2.45, 2.75) is 0 Å². The van der Waals surface area contributed by atoms with Gasteiger partial charge >= 0.3 is 5.97 Å². The molecular formula is C16H11FO4. The number of fused-ring (bicyclic) bond motifs is 1. The number of carbonyl (C=O) groups is 1. The molecule has 0 atom stereocenters. The quantitative estimate of drug-likeness (QED) is 0.695. The molecule has 0 amide bonds. The molecule has 21 heavy (non-hydrogen) atoms. The third kappa shape index (κ3) is 2.58. The summed E-state index contributed by atoms with van der Waals surface area (Å²) in [6.07, 6.45) is 1.41. The number of carboxylic acid groups (broad SMARTS) is 1. The number of aliphatic carboxylic acids is 1. The van der Waals surface area contributed by atoms with Crippen LogP contribution in [0.25, 0.3) is 11.6 Å². The molecule has 0 spiro atoms. The lowest BCUT2D eigenvalue weighted by Crippen LogP contribution is -2.01. The summed E-state index contributed by atoms with van der Waals surface area (Å²) >= 11 is 0. The number of carboxylic acids is 1. The number of hydrogen-bond donors (Lipinski definition) is 1. The Labute approximate surface area is 120 Å². The second-order valence-electron chi connectivity index (χ2n) is 4.46. The molecule has 0 unspecified atom stereocenters. The molecule has 1 heterocycles. The highest BCUT2D eigenvalue weighted by atomic mass is 19.1. The Kier molecular flexibility index (Phi) is 3.31. The first kappa shape index (κ1) is 13.2. The van der Waals surface area contributed by atoms with E-state index in [1.54, 1.807) is 24.3 Å². The van der Waals surface area contributed by atoms with E-state index in [0.717, 1.165) is 0 Å². The number of halogens is 1. The summed E-state index contributed by atoms with van der Waals surface area (Å²) in [4.78, 5) is 11.4. The summed E-state index contributed by atoms with van der Waals surface area (Å²) in [7, 11) is 0. The maximum Gasteiger partial charge on any atom is 0.336 e. The summed E-state index contributed by atoms with van der Waals surface area (Å²) in [5.41, 5.74) is 0.523. The Morgan fingerprint density at radius 2 is 1.90 bits per heavy atom. The lowest BCUT2D eigenvalue weighted by Gasteiger charge is -2.05. The van der Waals surface area contributed by atoms with Crippen LogP contribution < -0.4 is 9.47 Å². The molecule has 1 aliphatic rings. The Morgan fingerprint density at radius 3 is 2.67 bits per heavy atom. The number of hydrogen-bond acceptors (Lipinski definition) is 3. The predicted octanol–water partition coefficient (Wildman–Crippen LogP) is 3.18. The summed E-state index contributed by atoms with van der Waals surface area (Å²) in [5, 5.41) is 9.31. The maximum atomic E-state index is 13.8. The molecule has 3 rings (SSSR count). The molecule has 1 N–H and O–H groups in total. The molecule has 0 saturated carbocycles. The van der Waals surface area contributed by atoms with Crippen molar-refractivity contribution in [3.63, 3.8) is 0 Å². The maximum absolute atomic E-state index is 13.8. The van der Waals surface area contributed by atoms with Crippen LogP contribution in [0.15, 0.2) is 42.5 Å². The number of benzene rings is 2. The molecule has 0 fully saturated rings. The fourth-order valence-electron chi connectivity index (χ4n) is 2.10. The minimum Gasteiger partial charge on any atom is -0.478 e. The van der Waals surface area contributed by atoms with Gasteiger partial charge < -0.3 is 14.6 Å². The van der Waals surface area contributed by atoms with Crippen LogP contribution in [0, 0.1) is 5.82 Å². The predicted molar refractivity (Wildman–Crippen MR) is 74.5 cm³/mol. The fraction of sp³-hybridized carbons (Fsp3) is 0.0625. The van der Waals surface area contributed by atoms with Gasteiger partial charge in [-0.3, -0.25) is 0 Å². The van der Waals surface area contributed by atoms with Gasteiger partial charge in [0.05, 0.1) is 5.57 Å². The highest BCUT2D eigenvalue weighted by Gasteiger charge is 2.16. The van der Waals surface area contributed by atoms with E-state index < -0.39 is 11.8 Å². The van der Waals surface area contributed by atoms with E-state index in [9.17, 15) is 14.3 Å². The van der Waals surface area contributed by atoms with Crippen molar-refractivity contribution in [2.24, 2.45) is 0 Å². The lowest BCUT2D eigenvalue weighted by atomic mass is 10.0. The standard InChI is InChI=1S/C16H11FO4/c17-13-4-2-1-3-11(13)12(16(18)19)7-10-5-6-14-15(8-10)21-9-20-14/h1-8H,9H2,(H,18,19)/b12-7+. The van der Waals surface area contributed by atoms with Gasteiger partial charge in [0.15, 0.2) is 11.5 Å². The van der Waals surface area contributed by atoms with E-state index in [4.69, 9.17) is 9.47 Å². The van der Waals surface area contributed by atoms with Gasteiger partial charge in [0.1, 0.15) is 5.82 Å². The molecule has 2 aromatic carbocycles. The van der Waals surface area contributed by atoms with Crippen molar-refractivity contribution < 1.29 is 23.8 Å². The number of ether oxygens (including phenoxy) is 2. The van der Waals surface area contributed by atoms with Crippen molar-refractivity contribution in [3.8, 4) is 11.5 Å². The zero-order valence-electron chi connectivity index (χ0n) is 10.9. The SMILES string of the molecule is O=C(O)/C(=C/c1ccc2c(c1)OCO2)c1ccccc1F. The van der Waals surface area contributed by atoms with Gasteiger partial charge in [-0.1, -0.05) is 24.3 Å². The summed E-state index contributed by atoms with van der Waals surface area (Å²) in [6, 6.07) is 10.8. The molecule has 5 heteroatoms. The van der Waals surface area contributed by atoms with Gasteiger partial charge in [-0.2, -0.15) is 0 Å². The molecule has 2 aromatic rings. The van der Waals surface area contributed by atoms with Crippen molar-refractivity contribution in [1.82, 2.24) is 0 Å². The van der Waals surface area contributed by atoms with E-state index >= 15 is 0 Å². The largest absolute Gasteiger partial charge is 0.478 e. The van der Waals surface area contributed by atoms with Gasteiger partial charge in [0, 0.05) is 5.56 Å².